The second-order valence-corrected chi connectivity index (χ2v) is 20.5. The molecule has 0 radical (unpaired) electrons. The van der Waals surface area contributed by atoms with Crippen LogP contribution in [0.4, 0.5) is 10.5 Å². The summed E-state index contributed by atoms with van der Waals surface area (Å²) in [5.74, 6) is -1.15. The lowest BCUT2D eigenvalue weighted by Gasteiger charge is -2.45. The van der Waals surface area contributed by atoms with E-state index in [0.29, 0.717) is 38.4 Å². The Balaban J connectivity index is 1.30. The molecule has 2 unspecified atom stereocenters. The van der Waals surface area contributed by atoms with Gasteiger partial charge in [-0.05, 0) is 114 Å². The highest BCUT2D eigenvalue weighted by Crippen LogP contribution is 2.43. The number of nitrogens with zero attached hydrogens (tertiary/aromatic N) is 5. The minimum Gasteiger partial charge on any atom is -0.468 e. The highest BCUT2D eigenvalue weighted by molar-refractivity contribution is 5.96. The zero-order valence-corrected chi connectivity index (χ0v) is 41.9. The van der Waals surface area contributed by atoms with Gasteiger partial charge in [-0.25, -0.2) is 10.2 Å². The van der Waals surface area contributed by atoms with Gasteiger partial charge in [0.1, 0.15) is 17.7 Å². The Hall–Kier alpha value is -5.51. The summed E-state index contributed by atoms with van der Waals surface area (Å²) < 4.78 is 24.6. The average Bonchev–Trinajstić information content (AvgIpc) is 3.62. The van der Waals surface area contributed by atoms with Crippen molar-refractivity contribution in [3.05, 3.63) is 71.5 Å². The van der Waals surface area contributed by atoms with Crippen LogP contribution in [0, 0.1) is 5.41 Å². The predicted octanol–water partition coefficient (Wildman–Crippen LogP) is 8.01. The zero-order chi connectivity index (χ0) is 48.9. The van der Waals surface area contributed by atoms with E-state index < -0.39 is 35.2 Å². The number of hydrazine groups is 1. The average molecular weight is 936 g/mol. The first-order valence-electron chi connectivity index (χ1n) is 24.4. The van der Waals surface area contributed by atoms with Crippen LogP contribution < -0.4 is 15.6 Å². The highest BCUT2D eigenvalue weighted by atomic mass is 16.6. The number of rotatable bonds is 15. The number of piperazine rings is 1. The first-order valence-corrected chi connectivity index (χ1v) is 24.4. The van der Waals surface area contributed by atoms with Crippen molar-refractivity contribution in [1.82, 2.24) is 30.2 Å². The van der Waals surface area contributed by atoms with Gasteiger partial charge in [-0.1, -0.05) is 50.6 Å². The smallest absolute Gasteiger partial charge is 0.408 e. The fraction of sp³-hybridized carbons (Fsp3) is 0.566. The Morgan fingerprint density at radius 3 is 2.43 bits per heavy atom. The lowest BCUT2D eigenvalue weighted by Crippen LogP contribution is -2.60. The summed E-state index contributed by atoms with van der Waals surface area (Å²) in [6.45, 7) is 20.7. The Morgan fingerprint density at radius 1 is 0.926 bits per heavy atom. The van der Waals surface area contributed by atoms with Crippen LogP contribution in [0.5, 0.6) is 0 Å². The van der Waals surface area contributed by atoms with Gasteiger partial charge in [-0.15, -0.1) is 0 Å². The number of aromatic nitrogens is 2. The van der Waals surface area contributed by atoms with Crippen LogP contribution in [0.1, 0.15) is 110 Å². The molecule has 0 saturated carbocycles. The number of nitrogens with one attached hydrogen (secondary N) is 2. The number of hydrogen-bond donors (Lipinski definition) is 2. The lowest BCUT2D eigenvalue weighted by atomic mass is 9.84. The van der Waals surface area contributed by atoms with Gasteiger partial charge in [0.05, 0.1) is 43.1 Å². The summed E-state index contributed by atoms with van der Waals surface area (Å²) >= 11 is 0. The molecule has 4 aromatic rings. The molecule has 2 aromatic heterocycles. The van der Waals surface area contributed by atoms with Crippen molar-refractivity contribution in [1.29, 1.82) is 0 Å². The monoisotopic (exact) mass is 936 g/mol. The van der Waals surface area contributed by atoms with Crippen LogP contribution in [-0.2, 0) is 52.7 Å². The maximum absolute atomic E-state index is 14.2. The number of alkyl carbamates (subject to hydrolysis) is 1. The summed E-state index contributed by atoms with van der Waals surface area (Å²) in [5.41, 5.74) is 10.8. The third-order valence-electron chi connectivity index (χ3n) is 13.5. The second-order valence-electron chi connectivity index (χ2n) is 20.5. The van der Waals surface area contributed by atoms with Gasteiger partial charge in [-0.2, -0.15) is 0 Å². The molecule has 2 aromatic carbocycles. The van der Waals surface area contributed by atoms with Gasteiger partial charge in [0.25, 0.3) is 5.91 Å². The number of carbonyl (C=O) groups excluding carboxylic acids is 4. The molecule has 368 valence electrons. The Morgan fingerprint density at radius 2 is 1.71 bits per heavy atom. The minimum atomic E-state index is -1.00. The molecule has 0 bridgehead atoms. The summed E-state index contributed by atoms with van der Waals surface area (Å²) in [7, 11) is 3.05. The Labute approximate surface area is 402 Å². The summed E-state index contributed by atoms with van der Waals surface area (Å²) in [5, 5.41) is 5.32. The first-order chi connectivity index (χ1) is 32.4. The summed E-state index contributed by atoms with van der Waals surface area (Å²) in [4.78, 5) is 62.4. The topological polar surface area (TPSA) is 157 Å². The molecule has 3 saturated heterocycles. The Bertz CT molecular complexity index is 2460. The molecule has 4 atom stereocenters. The number of pyridine rings is 1. The van der Waals surface area contributed by atoms with E-state index in [4.69, 9.17) is 23.9 Å². The van der Waals surface area contributed by atoms with Crippen molar-refractivity contribution < 1.29 is 38.1 Å². The molecule has 0 spiro atoms. The van der Waals surface area contributed by atoms with E-state index in [1.165, 1.54) is 44.8 Å². The van der Waals surface area contributed by atoms with Crippen LogP contribution in [0.3, 0.4) is 0 Å². The minimum absolute atomic E-state index is 0.167. The summed E-state index contributed by atoms with van der Waals surface area (Å²) in [6, 6.07) is 15.8. The van der Waals surface area contributed by atoms with Crippen LogP contribution in [-0.4, -0.2) is 121 Å². The molecule has 0 aliphatic carbocycles. The Kier molecular flexibility index (Phi) is 15.9. The van der Waals surface area contributed by atoms with E-state index in [-0.39, 0.29) is 31.0 Å². The number of ether oxygens (including phenoxy) is 4. The van der Waals surface area contributed by atoms with E-state index in [9.17, 15) is 19.2 Å². The van der Waals surface area contributed by atoms with Crippen LogP contribution in [0.15, 0.2) is 54.7 Å². The number of aryl methyl sites for hydroxylation is 1. The lowest BCUT2D eigenvalue weighted by molar-refractivity contribution is -0.150. The van der Waals surface area contributed by atoms with E-state index in [0.717, 1.165) is 75.4 Å². The molecule has 15 heteroatoms. The number of esters is 2. The molecular formula is C53H73N7O8. The van der Waals surface area contributed by atoms with Gasteiger partial charge in [0.15, 0.2) is 0 Å². The van der Waals surface area contributed by atoms with Gasteiger partial charge < -0.3 is 33.7 Å². The molecule has 3 aliphatic rings. The number of methoxy groups -OCH3 is 2. The molecule has 3 fully saturated rings. The van der Waals surface area contributed by atoms with E-state index in [1.54, 1.807) is 27.9 Å². The fourth-order valence-electron chi connectivity index (χ4n) is 10.1. The largest absolute Gasteiger partial charge is 0.468 e. The number of fused-ring (bicyclic) bond motifs is 2. The van der Waals surface area contributed by atoms with Crippen molar-refractivity contribution in [2.24, 2.45) is 5.41 Å². The standard InChI is InChI=1S/C53H73N7O8/c1-11-59-46-21-20-38(37-17-14-16-36(26-37)27-45(55-51(64)68-52(4,5)6)49(62)60-23-15-19-44(56-60)50(63)66-10)28-41(46)43(30-53(7,8)33-67-35(3)61)48(59)42-29-40(31-54-47(42)34(2)65-9)58-25-24-57-22-13-12-18-39(57)32-58/h14,16-17,20-21,26,28-29,31,34,39,44-45,56H,11-13,15,18-19,22-25,27,30,32-33H2,1-10H3,(H,55,64)/t34?,39-,44+,45?/m1/s1. The van der Waals surface area contributed by atoms with Gasteiger partial charge in [0.2, 0.25) is 0 Å². The number of amides is 2. The fourth-order valence-corrected chi connectivity index (χ4v) is 10.1. The number of piperidine rings is 1. The number of carbonyl (C=O) groups is 4. The number of benzene rings is 2. The zero-order valence-electron chi connectivity index (χ0n) is 41.9. The number of hydrogen-bond acceptors (Lipinski definition) is 12. The van der Waals surface area contributed by atoms with E-state index in [1.807, 2.05) is 25.3 Å². The second kappa shape index (κ2) is 21.4. The quantitative estimate of drug-likeness (QED) is 0.0876. The van der Waals surface area contributed by atoms with Gasteiger partial charge in [0, 0.05) is 81.1 Å². The third-order valence-corrected chi connectivity index (χ3v) is 13.5. The van der Waals surface area contributed by atoms with Gasteiger partial charge >= 0.3 is 18.0 Å². The normalized spacial score (nSPS) is 19.0. The molecule has 5 heterocycles. The van der Waals surface area contributed by atoms with Crippen molar-refractivity contribution in [2.45, 2.75) is 137 Å². The molecule has 2 amide bonds. The molecule has 3 aliphatic heterocycles. The van der Waals surface area contributed by atoms with Crippen molar-refractivity contribution in [3.63, 3.8) is 0 Å². The van der Waals surface area contributed by atoms with Crippen LogP contribution in [0.2, 0.25) is 0 Å². The van der Waals surface area contributed by atoms with E-state index in [2.05, 4.69) is 82.3 Å². The summed E-state index contributed by atoms with van der Waals surface area (Å²) in [6.07, 6.45) is 6.66. The maximum Gasteiger partial charge on any atom is 0.408 e. The molecular weight excluding hydrogens is 863 g/mol. The van der Waals surface area contributed by atoms with Crippen molar-refractivity contribution in [3.8, 4) is 22.4 Å². The molecule has 15 nitrogen and oxygen atoms in total. The third kappa shape index (κ3) is 11.8. The maximum atomic E-state index is 14.2. The SMILES string of the molecule is CCn1c(-c2cc(N3CCN4CCCC[C@@H]4C3)cnc2C(C)OC)c(CC(C)(C)COC(C)=O)c2cc(-c3cccc(CC(NC(=O)OC(C)(C)C)C(=O)N4CCC[C@@H](C(=O)OC)N4)c3)ccc21. The first kappa shape index (κ1) is 50.4. The van der Waals surface area contributed by atoms with E-state index >= 15 is 0 Å². The molecule has 2 N–H and O–H groups in total. The van der Waals surface area contributed by atoms with Crippen LogP contribution in [0.25, 0.3) is 33.3 Å². The van der Waals surface area contributed by atoms with Crippen molar-refractivity contribution in [2.75, 3.05) is 58.5 Å². The highest BCUT2D eigenvalue weighted by Gasteiger charge is 2.35. The molecule has 7 rings (SSSR count). The van der Waals surface area contributed by atoms with Crippen molar-refractivity contribution >= 4 is 40.5 Å². The van der Waals surface area contributed by atoms with Gasteiger partial charge in [-0.3, -0.25) is 29.3 Å². The predicted molar refractivity (Wildman–Crippen MR) is 264 cm³/mol. The molecule has 68 heavy (non-hydrogen) atoms. The van der Waals surface area contributed by atoms with Crippen LogP contribution >= 0.6 is 0 Å². The number of anilines is 1.